The van der Waals surface area contributed by atoms with Gasteiger partial charge in [0.2, 0.25) is 5.88 Å². The van der Waals surface area contributed by atoms with Crippen LogP contribution < -0.4 is 0 Å². The summed E-state index contributed by atoms with van der Waals surface area (Å²) in [5.41, 5.74) is 0. The molecule has 0 bridgehead atoms. The van der Waals surface area contributed by atoms with Crippen molar-refractivity contribution in [2.75, 3.05) is 5.75 Å². The normalized spacial score (nSPS) is 12.0. The fourth-order valence-corrected chi connectivity index (χ4v) is 4.48. The minimum atomic E-state index is -2.48. The largest absolute Gasteiger partial charge is 0.494 e. The number of carbonyl (C=O) groups is 2. The third kappa shape index (κ3) is 6.69. The molecule has 1 atom stereocenters. The van der Waals surface area contributed by atoms with Gasteiger partial charge in [0.05, 0.1) is 6.54 Å². The van der Waals surface area contributed by atoms with Gasteiger partial charge in [-0.3, -0.25) is 14.2 Å². The molecular weight excluding hydrogens is 412 g/mol. The van der Waals surface area contributed by atoms with E-state index in [0.29, 0.717) is 12.2 Å². The van der Waals surface area contributed by atoms with E-state index in [4.69, 9.17) is 4.55 Å². The van der Waals surface area contributed by atoms with Crippen LogP contribution in [0.5, 0.6) is 11.8 Å². The smallest absolute Gasteiger partial charge is 0.213 e. The lowest BCUT2D eigenvalue weighted by Crippen LogP contribution is -2.11. The molecular formula is C16H18N2O6S3. The van der Waals surface area contributed by atoms with Gasteiger partial charge in [-0.25, -0.2) is 9.19 Å². The molecule has 11 heteroatoms. The van der Waals surface area contributed by atoms with Gasteiger partial charge in [-0.2, -0.15) is 0 Å². The molecule has 146 valence electrons. The van der Waals surface area contributed by atoms with E-state index in [0.717, 1.165) is 15.7 Å². The number of aromatic hydroxyl groups is 2. The van der Waals surface area contributed by atoms with E-state index in [9.17, 15) is 24.0 Å². The Hall–Kier alpha value is -1.82. The molecule has 0 aromatic carbocycles. The molecule has 0 aliphatic rings. The van der Waals surface area contributed by atoms with Crippen LogP contribution in [0.4, 0.5) is 0 Å². The summed E-state index contributed by atoms with van der Waals surface area (Å²) in [6, 6.07) is 6.50. The Labute approximate surface area is 166 Å². The van der Waals surface area contributed by atoms with E-state index in [1.54, 1.807) is 6.20 Å². The second-order valence-electron chi connectivity index (χ2n) is 5.43. The first-order valence-corrected chi connectivity index (χ1v) is 11.3. The summed E-state index contributed by atoms with van der Waals surface area (Å²) in [4.78, 5) is 27.6. The molecule has 0 fully saturated rings. The van der Waals surface area contributed by atoms with E-state index in [1.165, 1.54) is 21.6 Å². The fraction of sp³-hybridized carbons (Fsp3) is 0.312. The minimum absolute atomic E-state index is 0.0362. The van der Waals surface area contributed by atoms with Gasteiger partial charge >= 0.3 is 0 Å². The molecule has 0 spiro atoms. The first-order chi connectivity index (χ1) is 12.9. The van der Waals surface area contributed by atoms with Crippen LogP contribution >= 0.6 is 21.6 Å². The third-order valence-corrected chi connectivity index (χ3v) is 6.41. The highest BCUT2D eigenvalue weighted by molar-refractivity contribution is 8.76. The van der Waals surface area contributed by atoms with Gasteiger partial charge < -0.3 is 14.8 Å². The zero-order chi connectivity index (χ0) is 19.8. The molecule has 0 amide bonds. The van der Waals surface area contributed by atoms with E-state index in [1.807, 2.05) is 18.2 Å². The van der Waals surface area contributed by atoms with Gasteiger partial charge in [0.25, 0.3) is 0 Å². The molecule has 0 saturated carbocycles. The van der Waals surface area contributed by atoms with Crippen molar-refractivity contribution in [2.45, 2.75) is 35.7 Å². The number of hydrogen-bond acceptors (Lipinski definition) is 8. The number of ketones is 2. The predicted molar refractivity (Wildman–Crippen MR) is 103 cm³/mol. The van der Waals surface area contributed by atoms with Gasteiger partial charge in [0.15, 0.2) is 22.7 Å². The molecule has 8 nitrogen and oxygen atoms in total. The van der Waals surface area contributed by atoms with E-state index in [-0.39, 0.29) is 35.8 Å². The van der Waals surface area contributed by atoms with Crippen LogP contribution in [0, 0.1) is 0 Å². The number of rotatable bonds is 11. The lowest BCUT2D eigenvalue weighted by Gasteiger charge is -2.06. The summed E-state index contributed by atoms with van der Waals surface area (Å²) in [5, 5.41) is 20.3. The molecule has 2 rings (SSSR count). The van der Waals surface area contributed by atoms with Gasteiger partial charge in [-0.15, -0.1) is 0 Å². The van der Waals surface area contributed by atoms with E-state index < -0.39 is 22.8 Å². The van der Waals surface area contributed by atoms with Crippen molar-refractivity contribution < 1.29 is 28.6 Å². The Morgan fingerprint density at radius 2 is 1.89 bits per heavy atom. The molecule has 27 heavy (non-hydrogen) atoms. The highest BCUT2D eigenvalue weighted by Gasteiger charge is 2.20. The average Bonchev–Trinajstić information content (AvgIpc) is 2.93. The second kappa shape index (κ2) is 10.5. The van der Waals surface area contributed by atoms with Crippen molar-refractivity contribution in [3.8, 4) is 11.8 Å². The molecule has 0 aliphatic heterocycles. The quantitative estimate of drug-likeness (QED) is 0.280. The van der Waals surface area contributed by atoms with E-state index >= 15 is 0 Å². The summed E-state index contributed by atoms with van der Waals surface area (Å²) in [7, 11) is 2.99. The average molecular weight is 431 g/mol. The SMILES string of the molecule is O=C(CCSSc1ccccn1)CCC(=O)Cn1c(O)cc(S(=O)O)c1O. The second-order valence-corrected chi connectivity index (χ2v) is 8.80. The Morgan fingerprint density at radius 1 is 1.15 bits per heavy atom. The summed E-state index contributed by atoms with van der Waals surface area (Å²) in [5.74, 6) is -0.978. The Morgan fingerprint density at radius 3 is 2.52 bits per heavy atom. The van der Waals surface area contributed by atoms with Crippen molar-refractivity contribution in [1.82, 2.24) is 9.55 Å². The summed E-state index contributed by atoms with van der Waals surface area (Å²) in [6.45, 7) is -0.383. The lowest BCUT2D eigenvalue weighted by molar-refractivity contribution is -0.124. The van der Waals surface area contributed by atoms with Gasteiger partial charge in [0, 0.05) is 37.3 Å². The van der Waals surface area contributed by atoms with Crippen LogP contribution in [0.15, 0.2) is 40.4 Å². The molecule has 1 unspecified atom stereocenters. The van der Waals surface area contributed by atoms with Crippen molar-refractivity contribution in [2.24, 2.45) is 0 Å². The fourth-order valence-electron chi connectivity index (χ4n) is 2.10. The summed E-state index contributed by atoms with van der Waals surface area (Å²) < 4.78 is 20.8. The zero-order valence-electron chi connectivity index (χ0n) is 14.1. The molecule has 2 aromatic rings. The molecule has 0 radical (unpaired) electrons. The van der Waals surface area contributed by atoms with Crippen LogP contribution in [-0.2, 0) is 27.2 Å². The van der Waals surface area contributed by atoms with Crippen molar-refractivity contribution in [3.63, 3.8) is 0 Å². The standard InChI is InChI=1S/C16H18N2O6S3/c19-11(6-8-25-26-14-3-1-2-7-17-14)4-5-12(20)10-18-15(21)9-13(16(18)22)27(23)24/h1-3,7,9,21-22H,4-6,8,10H2,(H,23,24). The summed E-state index contributed by atoms with van der Waals surface area (Å²) in [6.07, 6.45) is 2.05. The van der Waals surface area contributed by atoms with Gasteiger partial charge in [-0.1, -0.05) is 16.9 Å². The Bertz CT molecular complexity index is 825. The number of hydrogen-bond donors (Lipinski definition) is 3. The molecule has 2 aromatic heterocycles. The lowest BCUT2D eigenvalue weighted by atomic mass is 10.1. The predicted octanol–water partition coefficient (Wildman–Crippen LogP) is 2.62. The highest BCUT2D eigenvalue weighted by Crippen LogP contribution is 2.30. The molecule has 3 N–H and O–H groups in total. The third-order valence-electron chi connectivity index (χ3n) is 3.46. The van der Waals surface area contributed by atoms with Crippen molar-refractivity contribution >= 4 is 44.2 Å². The monoisotopic (exact) mass is 430 g/mol. The van der Waals surface area contributed by atoms with Crippen LogP contribution in [0.25, 0.3) is 0 Å². The van der Waals surface area contributed by atoms with Crippen LogP contribution in [0.1, 0.15) is 19.3 Å². The van der Waals surface area contributed by atoms with Crippen LogP contribution in [0.2, 0.25) is 0 Å². The number of carbonyl (C=O) groups excluding carboxylic acids is 2. The van der Waals surface area contributed by atoms with Gasteiger partial charge in [-0.05, 0) is 22.9 Å². The first kappa shape index (κ1) is 21.5. The number of aromatic nitrogens is 2. The number of Topliss-reactive ketones (excluding diaryl/α,β-unsaturated/α-hetero) is 2. The molecule has 0 saturated heterocycles. The summed E-state index contributed by atoms with van der Waals surface area (Å²) >= 11 is -2.48. The highest BCUT2D eigenvalue weighted by atomic mass is 33.1. The molecule has 2 heterocycles. The van der Waals surface area contributed by atoms with Gasteiger partial charge in [0.1, 0.15) is 15.7 Å². The number of nitrogens with zero attached hydrogens (tertiary/aromatic N) is 2. The minimum Gasteiger partial charge on any atom is -0.494 e. The maximum absolute atomic E-state index is 12.0. The van der Waals surface area contributed by atoms with Crippen molar-refractivity contribution in [3.05, 3.63) is 30.5 Å². The zero-order valence-corrected chi connectivity index (χ0v) is 16.6. The number of pyridine rings is 1. The maximum atomic E-state index is 12.0. The Balaban J connectivity index is 1.71. The van der Waals surface area contributed by atoms with E-state index in [2.05, 4.69) is 4.98 Å². The van der Waals surface area contributed by atoms with Crippen LogP contribution in [0.3, 0.4) is 0 Å². The Kier molecular flexibility index (Phi) is 8.35. The first-order valence-electron chi connectivity index (χ1n) is 7.84. The van der Waals surface area contributed by atoms with Crippen LogP contribution in [-0.4, -0.2) is 45.8 Å². The molecule has 0 aliphatic carbocycles. The maximum Gasteiger partial charge on any atom is 0.213 e. The van der Waals surface area contributed by atoms with Crippen molar-refractivity contribution in [1.29, 1.82) is 0 Å². The topological polar surface area (TPSA) is 130 Å².